The fraction of sp³-hybridized carbons (Fsp3) is 0.235. The van der Waals surface area contributed by atoms with E-state index < -0.39 is 11.4 Å². The number of benzene rings is 2. The predicted molar refractivity (Wildman–Crippen MR) is 83.0 cm³/mol. The number of rotatable bonds is 3. The average molecular weight is 300 g/mol. The van der Waals surface area contributed by atoms with Crippen molar-refractivity contribution in [3.63, 3.8) is 0 Å². The average Bonchev–Trinajstić information content (AvgIpc) is 2.74. The van der Waals surface area contributed by atoms with Crippen LogP contribution in [0.4, 0.5) is 10.1 Å². The van der Waals surface area contributed by atoms with Crippen molar-refractivity contribution in [2.24, 2.45) is 10.7 Å². The molecule has 0 fully saturated rings. The number of fused-ring (bicyclic) bond motifs is 1. The number of aliphatic hydroxyl groups is 1. The second-order valence-electron chi connectivity index (χ2n) is 5.30. The zero-order valence-corrected chi connectivity index (χ0v) is 12.4. The van der Waals surface area contributed by atoms with Gasteiger partial charge in [0.2, 0.25) is 0 Å². The Morgan fingerprint density at radius 1 is 1.23 bits per heavy atom. The highest BCUT2D eigenvalue weighted by Gasteiger charge is 2.44. The lowest BCUT2D eigenvalue weighted by Gasteiger charge is -2.27. The number of ether oxygens (including phenoxy) is 1. The van der Waals surface area contributed by atoms with Gasteiger partial charge in [-0.15, -0.1) is 0 Å². The molecule has 3 rings (SSSR count). The number of amidine groups is 1. The molecule has 0 radical (unpaired) electrons. The molecule has 0 saturated carbocycles. The van der Waals surface area contributed by atoms with E-state index >= 15 is 0 Å². The topological polar surface area (TPSA) is 67.8 Å². The largest absolute Gasteiger partial charge is 0.493 e. The van der Waals surface area contributed by atoms with Crippen LogP contribution in [-0.2, 0) is 5.60 Å². The quantitative estimate of drug-likeness (QED) is 0.916. The maximum Gasteiger partial charge on any atom is 0.178 e. The highest BCUT2D eigenvalue weighted by Crippen LogP contribution is 2.45. The van der Waals surface area contributed by atoms with E-state index in [1.807, 2.05) is 19.9 Å². The first-order valence-electron chi connectivity index (χ1n) is 7.07. The van der Waals surface area contributed by atoms with Crippen molar-refractivity contribution in [1.29, 1.82) is 0 Å². The smallest absolute Gasteiger partial charge is 0.178 e. The minimum absolute atomic E-state index is 0.0136. The molecule has 2 aromatic rings. The van der Waals surface area contributed by atoms with Crippen LogP contribution in [0, 0.1) is 12.7 Å². The number of nitrogens with two attached hydrogens (primary N) is 1. The normalized spacial score (nSPS) is 19.7. The van der Waals surface area contributed by atoms with Gasteiger partial charge in [-0.05, 0) is 38.1 Å². The molecule has 3 N–H and O–H groups in total. The van der Waals surface area contributed by atoms with Crippen molar-refractivity contribution in [2.45, 2.75) is 19.4 Å². The standard InChI is InChI=1S/C17H17FN2O2/c1-3-22-15-7-5-11(18)9-13(15)17(21)12-8-10(2)4-6-14(12)20-16(17)19/h4-9,21H,3H2,1-2H3,(H2,19,20). The Hall–Kier alpha value is -2.40. The van der Waals surface area contributed by atoms with Crippen LogP contribution in [0.2, 0.25) is 0 Å². The lowest BCUT2D eigenvalue weighted by molar-refractivity contribution is 0.152. The van der Waals surface area contributed by atoms with Crippen LogP contribution in [0.1, 0.15) is 23.6 Å². The summed E-state index contributed by atoms with van der Waals surface area (Å²) in [6.45, 7) is 4.12. The van der Waals surface area contributed by atoms with Gasteiger partial charge < -0.3 is 15.6 Å². The van der Waals surface area contributed by atoms with Gasteiger partial charge in [-0.25, -0.2) is 9.38 Å². The van der Waals surface area contributed by atoms with Crippen molar-refractivity contribution in [3.05, 3.63) is 58.9 Å². The van der Waals surface area contributed by atoms with E-state index in [0.717, 1.165) is 5.56 Å². The summed E-state index contributed by atoms with van der Waals surface area (Å²) in [4.78, 5) is 4.22. The summed E-state index contributed by atoms with van der Waals surface area (Å²) >= 11 is 0. The Kier molecular flexibility index (Phi) is 3.37. The molecule has 5 heteroatoms. The molecule has 2 aromatic carbocycles. The van der Waals surface area contributed by atoms with E-state index in [1.165, 1.54) is 18.2 Å². The lowest BCUT2D eigenvalue weighted by Crippen LogP contribution is -2.40. The van der Waals surface area contributed by atoms with Crippen LogP contribution >= 0.6 is 0 Å². The highest BCUT2D eigenvalue weighted by atomic mass is 19.1. The van der Waals surface area contributed by atoms with Gasteiger partial charge in [-0.2, -0.15) is 0 Å². The van der Waals surface area contributed by atoms with Crippen LogP contribution in [-0.4, -0.2) is 17.5 Å². The van der Waals surface area contributed by atoms with Crippen LogP contribution in [0.15, 0.2) is 41.4 Å². The Morgan fingerprint density at radius 3 is 2.73 bits per heavy atom. The third-order valence-electron chi connectivity index (χ3n) is 3.78. The van der Waals surface area contributed by atoms with Gasteiger partial charge in [0, 0.05) is 11.1 Å². The Labute approximate surface area is 128 Å². The zero-order chi connectivity index (χ0) is 15.9. The summed E-state index contributed by atoms with van der Waals surface area (Å²) in [7, 11) is 0. The van der Waals surface area contributed by atoms with E-state index in [0.29, 0.717) is 23.6 Å². The second kappa shape index (κ2) is 5.10. The van der Waals surface area contributed by atoms with Gasteiger partial charge >= 0.3 is 0 Å². The third-order valence-corrected chi connectivity index (χ3v) is 3.78. The summed E-state index contributed by atoms with van der Waals surface area (Å²) in [6.07, 6.45) is 0. The summed E-state index contributed by atoms with van der Waals surface area (Å²) < 4.78 is 19.3. The maximum atomic E-state index is 13.7. The van der Waals surface area contributed by atoms with E-state index in [1.54, 1.807) is 12.1 Å². The van der Waals surface area contributed by atoms with Gasteiger partial charge in [0.1, 0.15) is 17.4 Å². The molecule has 1 atom stereocenters. The number of aryl methyl sites for hydroxylation is 1. The van der Waals surface area contributed by atoms with Gasteiger partial charge in [0.15, 0.2) is 5.60 Å². The molecular formula is C17H17FN2O2. The van der Waals surface area contributed by atoms with Gasteiger partial charge in [0.25, 0.3) is 0 Å². The zero-order valence-electron chi connectivity index (χ0n) is 12.4. The first-order valence-corrected chi connectivity index (χ1v) is 7.07. The number of hydrogen-bond donors (Lipinski definition) is 2. The van der Waals surface area contributed by atoms with Gasteiger partial charge in [0.05, 0.1) is 12.3 Å². The molecule has 1 aliphatic rings. The first-order chi connectivity index (χ1) is 10.5. The fourth-order valence-corrected chi connectivity index (χ4v) is 2.74. The molecular weight excluding hydrogens is 283 g/mol. The fourth-order valence-electron chi connectivity index (χ4n) is 2.74. The minimum Gasteiger partial charge on any atom is -0.493 e. The molecule has 0 aliphatic carbocycles. The van der Waals surface area contributed by atoms with E-state index in [9.17, 15) is 9.50 Å². The molecule has 0 spiro atoms. The molecule has 0 aromatic heterocycles. The van der Waals surface area contributed by atoms with Crippen molar-refractivity contribution in [1.82, 2.24) is 0 Å². The van der Waals surface area contributed by atoms with E-state index in [-0.39, 0.29) is 11.4 Å². The number of hydrogen-bond acceptors (Lipinski definition) is 4. The van der Waals surface area contributed by atoms with Gasteiger partial charge in [-0.3, -0.25) is 0 Å². The van der Waals surface area contributed by atoms with Crippen molar-refractivity contribution in [3.8, 4) is 5.75 Å². The van der Waals surface area contributed by atoms with Crippen molar-refractivity contribution in [2.75, 3.05) is 6.61 Å². The third kappa shape index (κ3) is 2.05. The van der Waals surface area contributed by atoms with Crippen LogP contribution in [0.25, 0.3) is 0 Å². The molecule has 22 heavy (non-hydrogen) atoms. The van der Waals surface area contributed by atoms with Gasteiger partial charge in [-0.1, -0.05) is 17.7 Å². The molecule has 114 valence electrons. The first kappa shape index (κ1) is 14.5. The monoisotopic (exact) mass is 300 g/mol. The highest BCUT2D eigenvalue weighted by molar-refractivity contribution is 6.01. The Balaban J connectivity index is 2.26. The van der Waals surface area contributed by atoms with E-state index in [4.69, 9.17) is 10.5 Å². The molecule has 1 heterocycles. The molecule has 1 unspecified atom stereocenters. The summed E-state index contributed by atoms with van der Waals surface area (Å²) in [5, 5.41) is 11.2. The molecule has 1 aliphatic heterocycles. The van der Waals surface area contributed by atoms with Crippen LogP contribution in [0.3, 0.4) is 0 Å². The molecule has 4 nitrogen and oxygen atoms in total. The summed E-state index contributed by atoms with van der Waals surface area (Å²) in [5.74, 6) is -0.0701. The number of nitrogens with zero attached hydrogens (tertiary/aromatic N) is 1. The van der Waals surface area contributed by atoms with Crippen LogP contribution < -0.4 is 10.5 Å². The second-order valence-corrected chi connectivity index (χ2v) is 5.30. The Bertz CT molecular complexity index is 773. The van der Waals surface area contributed by atoms with Crippen LogP contribution in [0.5, 0.6) is 5.75 Å². The van der Waals surface area contributed by atoms with Crippen molar-refractivity contribution >= 4 is 11.5 Å². The minimum atomic E-state index is -1.69. The SMILES string of the molecule is CCOc1ccc(F)cc1C1(O)C(N)=Nc2ccc(C)cc21. The van der Waals surface area contributed by atoms with Crippen molar-refractivity contribution < 1.29 is 14.2 Å². The molecule has 0 bridgehead atoms. The Morgan fingerprint density at radius 2 is 2.00 bits per heavy atom. The number of halogens is 1. The predicted octanol–water partition coefficient (Wildman–Crippen LogP) is 2.77. The van der Waals surface area contributed by atoms with E-state index in [2.05, 4.69) is 4.99 Å². The summed E-state index contributed by atoms with van der Waals surface area (Å²) in [6, 6.07) is 9.50. The summed E-state index contributed by atoms with van der Waals surface area (Å²) in [5.41, 5.74) is 6.63. The lowest BCUT2D eigenvalue weighted by atomic mass is 9.85. The molecule has 0 saturated heterocycles. The number of aliphatic imine (C=N–C) groups is 1. The maximum absolute atomic E-state index is 13.7. The molecule has 0 amide bonds.